The van der Waals surface area contributed by atoms with Crippen LogP contribution in [-0.2, 0) is 0 Å². The van der Waals surface area contributed by atoms with Crippen molar-refractivity contribution < 1.29 is 9.84 Å². The van der Waals surface area contributed by atoms with E-state index in [1.165, 1.54) is 0 Å². The first-order chi connectivity index (χ1) is 7.22. The third kappa shape index (κ3) is 4.70. The number of rotatable bonds is 6. The smallest absolute Gasteiger partial charge is 0.121 e. The molecule has 0 atom stereocenters. The third-order valence-electron chi connectivity index (χ3n) is 1.91. The van der Waals surface area contributed by atoms with Gasteiger partial charge in [-0.3, -0.25) is 0 Å². The van der Waals surface area contributed by atoms with Crippen LogP contribution in [0.5, 0.6) is 5.75 Å². The van der Waals surface area contributed by atoms with Gasteiger partial charge in [0.15, 0.2) is 0 Å². The molecule has 0 aromatic heterocycles. The van der Waals surface area contributed by atoms with E-state index in [0.717, 1.165) is 18.0 Å². The lowest BCUT2D eigenvalue weighted by atomic mass is 10.2. The maximum atomic E-state index is 8.63. The number of hydrogen-bond donors (Lipinski definition) is 2. The maximum absolute atomic E-state index is 8.63. The summed E-state index contributed by atoms with van der Waals surface area (Å²) >= 11 is 0. The summed E-state index contributed by atoms with van der Waals surface area (Å²) < 4.78 is 5.31. The van der Waals surface area contributed by atoms with Crippen LogP contribution in [0.3, 0.4) is 0 Å². The summed E-state index contributed by atoms with van der Waals surface area (Å²) in [5, 5.41) is 12.0. The van der Waals surface area contributed by atoms with Crippen molar-refractivity contribution in [2.45, 2.75) is 13.8 Å². The molecule has 0 aliphatic carbocycles. The second-order valence-corrected chi connectivity index (χ2v) is 3.87. The fourth-order valence-corrected chi connectivity index (χ4v) is 1.18. The minimum absolute atomic E-state index is 0.0453. The van der Waals surface area contributed by atoms with Gasteiger partial charge in [0.2, 0.25) is 0 Å². The number of ether oxygens (including phenoxy) is 1. The quantitative estimate of drug-likeness (QED) is 0.754. The predicted octanol–water partition coefficient (Wildman–Crippen LogP) is 2.13. The Bertz CT molecular complexity index is 287. The van der Waals surface area contributed by atoms with Crippen LogP contribution in [0.4, 0.5) is 5.69 Å². The van der Waals surface area contributed by atoms with Crippen LogP contribution in [0.25, 0.3) is 0 Å². The first-order valence-electron chi connectivity index (χ1n) is 5.30. The van der Waals surface area contributed by atoms with Gasteiger partial charge < -0.3 is 15.2 Å². The summed E-state index contributed by atoms with van der Waals surface area (Å²) in [4.78, 5) is 0. The van der Waals surface area contributed by atoms with Crippen molar-refractivity contribution in [1.29, 1.82) is 0 Å². The summed E-state index contributed by atoms with van der Waals surface area (Å²) in [5.74, 6) is 1.41. The second kappa shape index (κ2) is 6.30. The number of aliphatic hydroxyl groups is 1. The molecule has 0 fully saturated rings. The zero-order valence-corrected chi connectivity index (χ0v) is 9.36. The topological polar surface area (TPSA) is 41.5 Å². The minimum Gasteiger partial charge on any atom is -0.491 e. The molecule has 1 aromatic rings. The zero-order chi connectivity index (χ0) is 11.1. The molecular weight excluding hydrogens is 190 g/mol. The average Bonchev–Trinajstić information content (AvgIpc) is 2.24. The van der Waals surface area contributed by atoms with Gasteiger partial charge in [-0.2, -0.15) is 0 Å². The number of nitrogens with one attached hydrogen (secondary N) is 1. The minimum atomic E-state index is 0.0453. The molecule has 0 aliphatic rings. The summed E-state index contributed by atoms with van der Waals surface area (Å²) in [6.07, 6.45) is 0. The molecule has 0 aliphatic heterocycles. The highest BCUT2D eigenvalue weighted by atomic mass is 16.5. The van der Waals surface area contributed by atoms with Gasteiger partial charge in [-0.05, 0) is 18.1 Å². The highest BCUT2D eigenvalue weighted by molar-refractivity contribution is 5.48. The van der Waals surface area contributed by atoms with Crippen LogP contribution >= 0.6 is 0 Å². The number of hydrogen-bond acceptors (Lipinski definition) is 3. The highest BCUT2D eigenvalue weighted by Crippen LogP contribution is 2.17. The molecule has 0 saturated heterocycles. The average molecular weight is 209 g/mol. The van der Waals surface area contributed by atoms with Gasteiger partial charge in [-0.1, -0.05) is 19.9 Å². The Hall–Kier alpha value is -1.22. The number of benzene rings is 1. The summed E-state index contributed by atoms with van der Waals surface area (Å²) in [6, 6.07) is 7.78. The molecule has 1 aromatic carbocycles. The van der Waals surface area contributed by atoms with Crippen LogP contribution in [0.1, 0.15) is 13.8 Å². The molecule has 0 spiro atoms. The lowest BCUT2D eigenvalue weighted by molar-refractivity contribution is 0.201. The molecular formula is C12H19NO2. The van der Waals surface area contributed by atoms with Crippen molar-refractivity contribution in [3.05, 3.63) is 24.3 Å². The van der Waals surface area contributed by atoms with Crippen molar-refractivity contribution in [3.63, 3.8) is 0 Å². The Kier molecular flexibility index (Phi) is 4.98. The van der Waals surface area contributed by atoms with Crippen LogP contribution in [0, 0.1) is 5.92 Å². The van der Waals surface area contributed by atoms with Gasteiger partial charge >= 0.3 is 0 Å². The zero-order valence-electron chi connectivity index (χ0n) is 9.36. The van der Waals surface area contributed by atoms with Gasteiger partial charge in [0.1, 0.15) is 12.4 Å². The molecule has 1 rings (SSSR count). The largest absolute Gasteiger partial charge is 0.491 e. The van der Waals surface area contributed by atoms with Crippen LogP contribution < -0.4 is 10.1 Å². The first-order valence-corrected chi connectivity index (χ1v) is 5.30. The number of aliphatic hydroxyl groups excluding tert-OH is 1. The highest BCUT2D eigenvalue weighted by Gasteiger charge is 1.97. The van der Waals surface area contributed by atoms with E-state index in [2.05, 4.69) is 19.2 Å². The molecule has 0 bridgehead atoms. The predicted molar refractivity (Wildman–Crippen MR) is 62.4 cm³/mol. The van der Waals surface area contributed by atoms with Gasteiger partial charge in [-0.25, -0.2) is 0 Å². The second-order valence-electron chi connectivity index (χ2n) is 3.87. The van der Waals surface area contributed by atoms with E-state index in [4.69, 9.17) is 9.84 Å². The number of anilines is 1. The molecule has 3 nitrogen and oxygen atoms in total. The van der Waals surface area contributed by atoms with E-state index in [-0.39, 0.29) is 6.61 Å². The van der Waals surface area contributed by atoms with Crippen molar-refractivity contribution in [1.82, 2.24) is 0 Å². The molecule has 0 heterocycles. The van der Waals surface area contributed by atoms with Crippen molar-refractivity contribution in [2.75, 3.05) is 25.1 Å². The van der Waals surface area contributed by atoms with E-state index >= 15 is 0 Å². The Morgan fingerprint density at radius 2 is 2.20 bits per heavy atom. The maximum Gasteiger partial charge on any atom is 0.121 e. The lowest BCUT2D eigenvalue weighted by Crippen LogP contribution is -2.08. The summed E-state index contributed by atoms with van der Waals surface area (Å²) in [7, 11) is 0. The Morgan fingerprint density at radius 1 is 1.40 bits per heavy atom. The van der Waals surface area contributed by atoms with E-state index < -0.39 is 0 Å². The Labute approximate surface area is 91.1 Å². The van der Waals surface area contributed by atoms with Crippen LogP contribution in [0.2, 0.25) is 0 Å². The molecule has 0 unspecified atom stereocenters. The SMILES string of the molecule is CC(C)CNc1cccc(OCCO)c1. The summed E-state index contributed by atoms with van der Waals surface area (Å²) in [6.45, 7) is 5.67. The molecule has 0 amide bonds. The van der Waals surface area contributed by atoms with E-state index in [0.29, 0.717) is 12.5 Å². The van der Waals surface area contributed by atoms with Crippen LogP contribution in [0.15, 0.2) is 24.3 Å². The Balaban J connectivity index is 2.50. The normalized spacial score (nSPS) is 10.4. The molecule has 15 heavy (non-hydrogen) atoms. The van der Waals surface area contributed by atoms with Gasteiger partial charge in [-0.15, -0.1) is 0 Å². The van der Waals surface area contributed by atoms with Crippen molar-refractivity contribution in [3.8, 4) is 5.75 Å². The first kappa shape index (κ1) is 11.9. The third-order valence-corrected chi connectivity index (χ3v) is 1.91. The monoisotopic (exact) mass is 209 g/mol. The fourth-order valence-electron chi connectivity index (χ4n) is 1.18. The molecule has 0 radical (unpaired) electrons. The standard InChI is InChI=1S/C12H19NO2/c1-10(2)9-13-11-4-3-5-12(8-11)15-7-6-14/h3-5,8,10,13-14H,6-7,9H2,1-2H3. The molecule has 84 valence electrons. The van der Waals surface area contributed by atoms with E-state index in [1.54, 1.807) is 0 Å². The van der Waals surface area contributed by atoms with E-state index in [1.807, 2.05) is 24.3 Å². The summed E-state index contributed by atoms with van der Waals surface area (Å²) in [5.41, 5.74) is 1.05. The molecule has 0 saturated carbocycles. The Morgan fingerprint density at radius 3 is 2.87 bits per heavy atom. The van der Waals surface area contributed by atoms with Gasteiger partial charge in [0.25, 0.3) is 0 Å². The molecule has 3 heteroatoms. The van der Waals surface area contributed by atoms with E-state index in [9.17, 15) is 0 Å². The van der Waals surface area contributed by atoms with Crippen molar-refractivity contribution in [2.24, 2.45) is 5.92 Å². The van der Waals surface area contributed by atoms with Gasteiger partial charge in [0, 0.05) is 18.3 Å². The van der Waals surface area contributed by atoms with Crippen molar-refractivity contribution >= 4 is 5.69 Å². The molecule has 2 N–H and O–H groups in total. The lowest BCUT2D eigenvalue weighted by Gasteiger charge is -2.10. The van der Waals surface area contributed by atoms with Crippen LogP contribution in [-0.4, -0.2) is 24.9 Å². The fraction of sp³-hybridized carbons (Fsp3) is 0.500. The van der Waals surface area contributed by atoms with Gasteiger partial charge in [0.05, 0.1) is 6.61 Å².